The SMILES string of the molecule is COCCO[PH](O)(OC)OC. The molecule has 70 valence electrons. The summed E-state index contributed by atoms with van der Waals surface area (Å²) in [5.41, 5.74) is 0. The molecule has 0 aliphatic rings. The van der Waals surface area contributed by atoms with Crippen molar-refractivity contribution in [1.29, 1.82) is 0 Å². The van der Waals surface area contributed by atoms with Crippen molar-refractivity contribution in [2.24, 2.45) is 0 Å². The van der Waals surface area contributed by atoms with Crippen LogP contribution in [0, 0.1) is 0 Å². The molecule has 6 heteroatoms. The molecule has 0 aromatic carbocycles. The van der Waals surface area contributed by atoms with Crippen LogP contribution in [0.1, 0.15) is 0 Å². The molecule has 0 aromatic rings. The van der Waals surface area contributed by atoms with Gasteiger partial charge >= 0.3 is 65.9 Å². The molecule has 0 spiro atoms. The van der Waals surface area contributed by atoms with Crippen LogP contribution in [0.2, 0.25) is 0 Å². The minimum atomic E-state index is -3.31. The van der Waals surface area contributed by atoms with Crippen molar-refractivity contribution in [3.63, 3.8) is 0 Å². The summed E-state index contributed by atoms with van der Waals surface area (Å²) in [6.07, 6.45) is 0. The van der Waals surface area contributed by atoms with Crippen molar-refractivity contribution in [3.8, 4) is 0 Å². The van der Waals surface area contributed by atoms with Crippen molar-refractivity contribution in [2.45, 2.75) is 0 Å². The molecule has 0 rings (SSSR count). The van der Waals surface area contributed by atoms with Crippen molar-refractivity contribution in [3.05, 3.63) is 0 Å². The van der Waals surface area contributed by atoms with Crippen LogP contribution in [0.15, 0.2) is 0 Å². The Balaban J connectivity index is 3.51. The fourth-order valence-corrected chi connectivity index (χ4v) is 1.20. The van der Waals surface area contributed by atoms with Gasteiger partial charge in [-0.2, -0.15) is 0 Å². The van der Waals surface area contributed by atoms with Gasteiger partial charge in [0.1, 0.15) is 0 Å². The van der Waals surface area contributed by atoms with Crippen LogP contribution in [0.5, 0.6) is 0 Å². The van der Waals surface area contributed by atoms with Crippen molar-refractivity contribution in [1.82, 2.24) is 0 Å². The standard InChI is InChI=1S/C5H15O5P/c1-7-4-5-10-11(6,8-2)9-3/h6,11H,4-5H2,1-3H3. The number of hydrogen-bond donors (Lipinski definition) is 1. The van der Waals surface area contributed by atoms with E-state index in [1.165, 1.54) is 14.2 Å². The predicted octanol–water partition coefficient (Wildman–Crippen LogP) is 0.344. The van der Waals surface area contributed by atoms with E-state index in [1.807, 2.05) is 0 Å². The monoisotopic (exact) mass is 186 g/mol. The average Bonchev–Trinajstić information content (AvgIpc) is 2.05. The molecule has 1 N–H and O–H groups in total. The van der Waals surface area contributed by atoms with E-state index in [-0.39, 0.29) is 6.61 Å². The molecule has 11 heavy (non-hydrogen) atoms. The molecule has 0 atom stereocenters. The number of ether oxygens (including phenoxy) is 1. The topological polar surface area (TPSA) is 57.2 Å². The first-order valence-electron chi connectivity index (χ1n) is 3.14. The van der Waals surface area contributed by atoms with Crippen molar-refractivity contribution < 1.29 is 23.2 Å². The summed E-state index contributed by atoms with van der Waals surface area (Å²) in [7, 11) is 0.902. The summed E-state index contributed by atoms with van der Waals surface area (Å²) in [5, 5.41) is 0. The summed E-state index contributed by atoms with van der Waals surface area (Å²) < 4.78 is 18.9. The van der Waals surface area contributed by atoms with E-state index in [0.717, 1.165) is 0 Å². The molecule has 0 aliphatic heterocycles. The zero-order valence-corrected chi connectivity index (χ0v) is 7.99. The number of hydrogen-bond acceptors (Lipinski definition) is 5. The van der Waals surface area contributed by atoms with Gasteiger partial charge in [0.2, 0.25) is 0 Å². The zero-order valence-electron chi connectivity index (χ0n) is 6.99. The Kier molecular flexibility index (Phi) is 5.95. The fourth-order valence-electron chi connectivity index (χ4n) is 0.455. The Morgan fingerprint density at radius 3 is 2.00 bits per heavy atom. The summed E-state index contributed by atoms with van der Waals surface area (Å²) >= 11 is 0. The van der Waals surface area contributed by atoms with E-state index in [1.54, 1.807) is 7.11 Å². The summed E-state index contributed by atoms with van der Waals surface area (Å²) in [5.74, 6) is 0. The second-order valence-electron chi connectivity index (χ2n) is 1.77. The molecule has 0 fully saturated rings. The molecule has 0 bridgehead atoms. The van der Waals surface area contributed by atoms with Gasteiger partial charge in [0.25, 0.3) is 0 Å². The van der Waals surface area contributed by atoms with E-state index < -0.39 is 8.17 Å². The van der Waals surface area contributed by atoms with Crippen LogP contribution in [-0.2, 0) is 18.3 Å². The van der Waals surface area contributed by atoms with Crippen LogP contribution in [0.25, 0.3) is 0 Å². The minimum absolute atomic E-state index is 0.265. The van der Waals surface area contributed by atoms with Crippen LogP contribution >= 0.6 is 8.17 Å². The average molecular weight is 186 g/mol. The Hall–Kier alpha value is 0.230. The van der Waals surface area contributed by atoms with Gasteiger partial charge in [0.05, 0.1) is 0 Å². The second kappa shape index (κ2) is 5.83. The Morgan fingerprint density at radius 2 is 1.64 bits per heavy atom. The molecule has 0 aromatic heterocycles. The van der Waals surface area contributed by atoms with Gasteiger partial charge in [0.15, 0.2) is 0 Å². The predicted molar refractivity (Wildman–Crippen MR) is 42.4 cm³/mol. The van der Waals surface area contributed by atoms with Gasteiger partial charge in [-0.05, 0) is 0 Å². The molecule has 0 heterocycles. The fraction of sp³-hybridized carbons (Fsp3) is 1.00. The van der Waals surface area contributed by atoms with Crippen molar-refractivity contribution in [2.75, 3.05) is 34.5 Å². The Labute approximate surface area is 66.9 Å². The quantitative estimate of drug-likeness (QED) is 0.479. The van der Waals surface area contributed by atoms with Gasteiger partial charge in [-0.25, -0.2) is 0 Å². The van der Waals surface area contributed by atoms with Crippen LogP contribution < -0.4 is 0 Å². The summed E-state index contributed by atoms with van der Waals surface area (Å²) in [6, 6.07) is 0. The maximum absolute atomic E-state index is 9.27. The Bertz CT molecular complexity index is 94.9. The molecule has 0 amide bonds. The number of rotatable bonds is 6. The Morgan fingerprint density at radius 1 is 1.09 bits per heavy atom. The van der Waals surface area contributed by atoms with E-state index in [2.05, 4.69) is 9.05 Å². The first-order valence-corrected chi connectivity index (χ1v) is 4.81. The first kappa shape index (κ1) is 11.2. The van der Waals surface area contributed by atoms with Crippen molar-refractivity contribution >= 4 is 8.17 Å². The second-order valence-corrected chi connectivity index (χ2v) is 3.93. The third-order valence-electron chi connectivity index (χ3n) is 1.09. The third kappa shape index (κ3) is 4.63. The molecule has 0 saturated carbocycles. The molecule has 0 radical (unpaired) electrons. The molecule has 0 aliphatic carbocycles. The molecule has 0 unspecified atom stereocenters. The van der Waals surface area contributed by atoms with Crippen LogP contribution in [0.3, 0.4) is 0 Å². The third-order valence-corrected chi connectivity index (χ3v) is 2.69. The first-order chi connectivity index (χ1) is 5.18. The van der Waals surface area contributed by atoms with E-state index in [0.29, 0.717) is 6.61 Å². The number of methoxy groups -OCH3 is 1. The summed E-state index contributed by atoms with van der Waals surface area (Å²) in [4.78, 5) is 9.27. The van der Waals surface area contributed by atoms with Gasteiger partial charge in [-0.15, -0.1) is 0 Å². The zero-order chi connectivity index (χ0) is 8.74. The normalized spacial score (nSPS) is 13.5. The van der Waals surface area contributed by atoms with Gasteiger partial charge in [-0.1, -0.05) is 0 Å². The van der Waals surface area contributed by atoms with Gasteiger partial charge in [0, 0.05) is 0 Å². The van der Waals surface area contributed by atoms with E-state index >= 15 is 0 Å². The molecule has 5 nitrogen and oxygen atoms in total. The van der Waals surface area contributed by atoms with Crippen LogP contribution in [0.4, 0.5) is 0 Å². The van der Waals surface area contributed by atoms with E-state index in [4.69, 9.17) is 9.26 Å². The van der Waals surface area contributed by atoms with Crippen LogP contribution in [-0.4, -0.2) is 39.4 Å². The maximum atomic E-state index is 9.27. The van der Waals surface area contributed by atoms with E-state index in [9.17, 15) is 4.89 Å². The van der Waals surface area contributed by atoms with Gasteiger partial charge < -0.3 is 0 Å². The summed E-state index contributed by atoms with van der Waals surface area (Å²) in [6.45, 7) is 0.670. The van der Waals surface area contributed by atoms with Gasteiger partial charge in [-0.3, -0.25) is 0 Å². The molecule has 0 saturated heterocycles. The molecular formula is C5H15O5P. The molecular weight excluding hydrogens is 171 g/mol.